The minimum atomic E-state index is -0.763. The van der Waals surface area contributed by atoms with Crippen molar-refractivity contribution in [2.75, 3.05) is 0 Å². The van der Waals surface area contributed by atoms with E-state index in [0.717, 1.165) is 12.0 Å². The summed E-state index contributed by atoms with van der Waals surface area (Å²) in [7, 11) is 0. The summed E-state index contributed by atoms with van der Waals surface area (Å²) in [4.78, 5) is 10.6. The molecule has 0 saturated carbocycles. The van der Waals surface area contributed by atoms with Crippen LogP contribution in [0.2, 0.25) is 0 Å². The highest BCUT2D eigenvalue weighted by Gasteiger charge is 2.18. The summed E-state index contributed by atoms with van der Waals surface area (Å²) in [5.41, 5.74) is 1.42. The van der Waals surface area contributed by atoms with Crippen molar-refractivity contribution in [2.24, 2.45) is 0 Å². The normalized spacial score (nSPS) is 12.0. The molecule has 0 saturated heterocycles. The van der Waals surface area contributed by atoms with E-state index < -0.39 is 11.0 Å². The molecule has 0 radical (unpaired) electrons. The van der Waals surface area contributed by atoms with Crippen molar-refractivity contribution < 1.29 is 14.8 Å². The van der Waals surface area contributed by atoms with Gasteiger partial charge in [-0.3, -0.25) is 10.1 Å². The molecule has 2 aromatic rings. The van der Waals surface area contributed by atoms with Crippen LogP contribution in [0.1, 0.15) is 31.1 Å². The van der Waals surface area contributed by atoms with Gasteiger partial charge in [-0.25, -0.2) is 0 Å². The first-order chi connectivity index (χ1) is 10.0. The average molecular weight is 287 g/mol. The molecule has 5 heteroatoms. The molecule has 0 aromatic heterocycles. The van der Waals surface area contributed by atoms with E-state index in [1.165, 1.54) is 12.1 Å². The minimum Gasteiger partial charge on any atom is -0.450 e. The highest BCUT2D eigenvalue weighted by atomic mass is 16.6. The van der Waals surface area contributed by atoms with Gasteiger partial charge in [0.25, 0.3) is 0 Å². The van der Waals surface area contributed by atoms with Gasteiger partial charge in [0, 0.05) is 6.07 Å². The van der Waals surface area contributed by atoms with Crippen molar-refractivity contribution in [1.29, 1.82) is 0 Å². The van der Waals surface area contributed by atoms with E-state index in [-0.39, 0.29) is 11.4 Å². The molecule has 0 aliphatic rings. The number of aryl methyl sites for hydroxylation is 1. The highest BCUT2D eigenvalue weighted by molar-refractivity contribution is 5.51. The number of benzene rings is 2. The molecule has 1 atom stereocenters. The molecular formula is C16H17NO4. The van der Waals surface area contributed by atoms with Gasteiger partial charge < -0.3 is 9.84 Å². The fourth-order valence-corrected chi connectivity index (χ4v) is 1.98. The molecule has 0 fully saturated rings. The molecule has 2 aromatic carbocycles. The first-order valence-corrected chi connectivity index (χ1v) is 6.74. The molecule has 0 bridgehead atoms. The summed E-state index contributed by atoms with van der Waals surface area (Å²) < 4.78 is 5.62. The van der Waals surface area contributed by atoms with Crippen LogP contribution < -0.4 is 4.74 Å². The van der Waals surface area contributed by atoms with Gasteiger partial charge in [-0.05, 0) is 42.7 Å². The minimum absolute atomic E-state index is 0.157. The van der Waals surface area contributed by atoms with E-state index >= 15 is 0 Å². The van der Waals surface area contributed by atoms with Crippen molar-refractivity contribution in [3.05, 3.63) is 63.7 Å². The van der Waals surface area contributed by atoms with Crippen molar-refractivity contribution in [2.45, 2.75) is 26.4 Å². The Hall–Kier alpha value is -2.40. The predicted octanol–water partition coefficient (Wildman–Crippen LogP) is 4.00. The smallest absolute Gasteiger partial charge is 0.311 e. The number of rotatable bonds is 5. The zero-order valence-corrected chi connectivity index (χ0v) is 11.9. The molecular weight excluding hydrogens is 270 g/mol. The molecule has 0 spiro atoms. The molecule has 5 nitrogen and oxygen atoms in total. The SMILES string of the molecule is CCc1cccc(Oc2ccc([C@H](C)O)cc2[N+](=O)[O-])c1. The van der Waals surface area contributed by atoms with Gasteiger partial charge in [0.15, 0.2) is 0 Å². The Morgan fingerprint density at radius 2 is 2.05 bits per heavy atom. The lowest BCUT2D eigenvalue weighted by molar-refractivity contribution is -0.385. The van der Waals surface area contributed by atoms with Crippen LogP contribution in [0, 0.1) is 10.1 Å². The molecule has 0 amide bonds. The Morgan fingerprint density at radius 1 is 1.29 bits per heavy atom. The number of nitrogens with zero attached hydrogens (tertiary/aromatic N) is 1. The van der Waals surface area contributed by atoms with Crippen LogP contribution >= 0.6 is 0 Å². The first-order valence-electron chi connectivity index (χ1n) is 6.74. The molecule has 0 aliphatic carbocycles. The Bertz CT molecular complexity index is 652. The van der Waals surface area contributed by atoms with Gasteiger partial charge in [-0.1, -0.05) is 25.1 Å². The maximum atomic E-state index is 11.2. The number of hydrogen-bond donors (Lipinski definition) is 1. The van der Waals surface area contributed by atoms with Crippen molar-refractivity contribution in [3.8, 4) is 11.5 Å². The van der Waals surface area contributed by atoms with Crippen LogP contribution in [-0.4, -0.2) is 10.0 Å². The predicted molar refractivity (Wildman–Crippen MR) is 79.6 cm³/mol. The van der Waals surface area contributed by atoms with Crippen LogP contribution in [0.15, 0.2) is 42.5 Å². The van der Waals surface area contributed by atoms with Gasteiger partial charge >= 0.3 is 5.69 Å². The van der Waals surface area contributed by atoms with Gasteiger partial charge in [0.1, 0.15) is 5.75 Å². The lowest BCUT2D eigenvalue weighted by atomic mass is 10.1. The van der Waals surface area contributed by atoms with E-state index in [1.54, 1.807) is 19.1 Å². The van der Waals surface area contributed by atoms with E-state index in [2.05, 4.69) is 0 Å². The van der Waals surface area contributed by atoms with Gasteiger partial charge in [-0.15, -0.1) is 0 Å². The Morgan fingerprint density at radius 3 is 2.67 bits per heavy atom. The monoisotopic (exact) mass is 287 g/mol. The Kier molecular flexibility index (Phi) is 4.55. The van der Waals surface area contributed by atoms with Crippen molar-refractivity contribution >= 4 is 5.69 Å². The topological polar surface area (TPSA) is 72.6 Å². The third-order valence-electron chi connectivity index (χ3n) is 3.20. The summed E-state index contributed by atoms with van der Waals surface area (Å²) in [6.45, 7) is 3.59. The number of nitro groups is 1. The van der Waals surface area contributed by atoms with Crippen LogP contribution in [-0.2, 0) is 6.42 Å². The largest absolute Gasteiger partial charge is 0.450 e. The highest BCUT2D eigenvalue weighted by Crippen LogP contribution is 2.33. The van der Waals surface area contributed by atoms with Crippen LogP contribution in [0.5, 0.6) is 11.5 Å². The molecule has 110 valence electrons. The summed E-state index contributed by atoms with van der Waals surface area (Å²) in [5, 5.41) is 20.7. The molecule has 0 aliphatic heterocycles. The maximum absolute atomic E-state index is 11.2. The number of aliphatic hydroxyl groups is 1. The second-order valence-electron chi connectivity index (χ2n) is 4.76. The second kappa shape index (κ2) is 6.37. The molecule has 1 N–H and O–H groups in total. The van der Waals surface area contributed by atoms with Crippen LogP contribution in [0.4, 0.5) is 5.69 Å². The van der Waals surface area contributed by atoms with Crippen LogP contribution in [0.3, 0.4) is 0 Å². The van der Waals surface area contributed by atoms with E-state index in [4.69, 9.17) is 4.74 Å². The molecule has 2 rings (SSSR count). The number of ether oxygens (including phenoxy) is 1. The Balaban J connectivity index is 2.36. The lowest BCUT2D eigenvalue weighted by Gasteiger charge is -2.10. The zero-order valence-electron chi connectivity index (χ0n) is 11.9. The fraction of sp³-hybridized carbons (Fsp3) is 0.250. The van der Waals surface area contributed by atoms with Crippen molar-refractivity contribution in [1.82, 2.24) is 0 Å². The molecule has 0 heterocycles. The standard InChI is InChI=1S/C16H17NO4/c1-3-12-5-4-6-14(9-12)21-16-8-7-13(11(2)18)10-15(16)17(19)20/h4-11,18H,3H2,1-2H3/t11-/m0/s1. The van der Waals surface area contributed by atoms with Gasteiger partial charge in [0.2, 0.25) is 5.75 Å². The maximum Gasteiger partial charge on any atom is 0.311 e. The molecule has 21 heavy (non-hydrogen) atoms. The van der Waals surface area contributed by atoms with Crippen molar-refractivity contribution in [3.63, 3.8) is 0 Å². The first kappa shape index (κ1) is 15.0. The lowest BCUT2D eigenvalue weighted by Crippen LogP contribution is -1.97. The third kappa shape index (κ3) is 3.58. The molecule has 0 unspecified atom stereocenters. The van der Waals surface area contributed by atoms with Gasteiger partial charge in [0.05, 0.1) is 11.0 Å². The summed E-state index contributed by atoms with van der Waals surface area (Å²) in [5.74, 6) is 0.722. The zero-order chi connectivity index (χ0) is 15.4. The quantitative estimate of drug-likeness (QED) is 0.666. The van der Waals surface area contributed by atoms with E-state index in [0.29, 0.717) is 11.3 Å². The number of hydrogen-bond acceptors (Lipinski definition) is 4. The second-order valence-corrected chi connectivity index (χ2v) is 4.76. The fourth-order valence-electron chi connectivity index (χ4n) is 1.98. The van der Waals surface area contributed by atoms with Crippen LogP contribution in [0.25, 0.3) is 0 Å². The average Bonchev–Trinajstić information content (AvgIpc) is 2.47. The summed E-state index contributed by atoms with van der Waals surface area (Å²) in [6, 6.07) is 11.9. The van der Waals surface area contributed by atoms with Gasteiger partial charge in [-0.2, -0.15) is 0 Å². The Labute approximate surface area is 123 Å². The summed E-state index contributed by atoms with van der Waals surface area (Å²) in [6.07, 6.45) is 0.0986. The number of aliphatic hydroxyl groups excluding tert-OH is 1. The number of nitro benzene ring substituents is 1. The van der Waals surface area contributed by atoms with E-state index in [1.807, 2.05) is 25.1 Å². The third-order valence-corrected chi connectivity index (χ3v) is 3.20. The summed E-state index contributed by atoms with van der Waals surface area (Å²) >= 11 is 0. The van der Waals surface area contributed by atoms with E-state index in [9.17, 15) is 15.2 Å².